The SMILES string of the molecule is O=C(/C=C/c1cc2c(cc1[N+](=O)[O-])OCO2)NCCc1ccc2c(c1)OCCO2. The van der Waals surface area contributed by atoms with Gasteiger partial charge in [0.25, 0.3) is 5.69 Å². The van der Waals surface area contributed by atoms with Crippen molar-refractivity contribution >= 4 is 17.7 Å². The average molecular weight is 398 g/mol. The number of nitrogens with one attached hydrogen (secondary N) is 1. The Bertz CT molecular complexity index is 987. The third-order valence-electron chi connectivity index (χ3n) is 4.45. The summed E-state index contributed by atoms with van der Waals surface area (Å²) in [6, 6.07) is 8.45. The number of hydrogen-bond donors (Lipinski definition) is 1. The molecule has 0 bridgehead atoms. The van der Waals surface area contributed by atoms with E-state index in [2.05, 4.69) is 5.32 Å². The fourth-order valence-corrected chi connectivity index (χ4v) is 3.04. The molecule has 9 nitrogen and oxygen atoms in total. The summed E-state index contributed by atoms with van der Waals surface area (Å²) in [5.41, 5.74) is 1.11. The predicted molar refractivity (Wildman–Crippen MR) is 102 cm³/mol. The highest BCUT2D eigenvalue weighted by molar-refractivity contribution is 5.92. The minimum absolute atomic E-state index is 0.0139. The molecule has 0 fully saturated rings. The van der Waals surface area contributed by atoms with Crippen molar-refractivity contribution in [3.63, 3.8) is 0 Å². The molecular formula is C20H18N2O7. The molecule has 2 aromatic carbocycles. The second-order valence-corrected chi connectivity index (χ2v) is 6.37. The van der Waals surface area contributed by atoms with Crippen LogP contribution in [-0.4, -0.2) is 37.4 Å². The van der Waals surface area contributed by atoms with Gasteiger partial charge in [0, 0.05) is 12.6 Å². The van der Waals surface area contributed by atoms with Crippen molar-refractivity contribution in [3.8, 4) is 23.0 Å². The highest BCUT2D eigenvalue weighted by Crippen LogP contribution is 2.38. The number of amides is 1. The van der Waals surface area contributed by atoms with Crippen LogP contribution in [0.3, 0.4) is 0 Å². The van der Waals surface area contributed by atoms with Crippen molar-refractivity contribution in [2.24, 2.45) is 0 Å². The normalized spacial score (nSPS) is 14.1. The molecule has 0 aliphatic carbocycles. The van der Waals surface area contributed by atoms with Crippen LogP contribution in [0.5, 0.6) is 23.0 Å². The molecule has 9 heteroatoms. The standard InChI is InChI=1S/C20H18N2O7/c23-20(21-6-5-13-1-3-16-17(9-13)27-8-7-26-16)4-2-14-10-18-19(29-12-28-18)11-15(14)22(24)25/h1-4,9-11H,5-8,12H2,(H,21,23)/b4-2+. The van der Waals surface area contributed by atoms with Crippen molar-refractivity contribution < 1.29 is 28.7 Å². The Morgan fingerprint density at radius 1 is 1.03 bits per heavy atom. The third-order valence-corrected chi connectivity index (χ3v) is 4.45. The van der Waals surface area contributed by atoms with E-state index in [1.807, 2.05) is 18.2 Å². The maximum Gasteiger partial charge on any atom is 0.280 e. The summed E-state index contributed by atoms with van der Waals surface area (Å²) in [7, 11) is 0. The van der Waals surface area contributed by atoms with E-state index in [0.717, 1.165) is 11.3 Å². The maximum atomic E-state index is 12.1. The van der Waals surface area contributed by atoms with Crippen LogP contribution < -0.4 is 24.3 Å². The van der Waals surface area contributed by atoms with Gasteiger partial charge in [-0.15, -0.1) is 0 Å². The van der Waals surface area contributed by atoms with Crippen LogP contribution in [-0.2, 0) is 11.2 Å². The Balaban J connectivity index is 1.35. The number of carbonyl (C=O) groups is 1. The third kappa shape index (κ3) is 4.23. The van der Waals surface area contributed by atoms with E-state index in [-0.39, 0.29) is 24.0 Å². The van der Waals surface area contributed by atoms with Gasteiger partial charge in [-0.1, -0.05) is 6.07 Å². The molecule has 4 rings (SSSR count). The fourth-order valence-electron chi connectivity index (χ4n) is 3.04. The van der Waals surface area contributed by atoms with Gasteiger partial charge in [0.2, 0.25) is 12.7 Å². The molecule has 2 aliphatic heterocycles. The molecule has 0 unspecified atom stereocenters. The molecule has 1 N–H and O–H groups in total. The summed E-state index contributed by atoms with van der Waals surface area (Å²) in [5.74, 6) is 1.80. The van der Waals surface area contributed by atoms with Gasteiger partial charge in [0.05, 0.1) is 16.6 Å². The van der Waals surface area contributed by atoms with Crippen molar-refractivity contribution in [2.75, 3.05) is 26.6 Å². The van der Waals surface area contributed by atoms with E-state index in [9.17, 15) is 14.9 Å². The summed E-state index contributed by atoms with van der Waals surface area (Å²) >= 11 is 0. The van der Waals surface area contributed by atoms with E-state index in [4.69, 9.17) is 18.9 Å². The predicted octanol–water partition coefficient (Wildman–Crippen LogP) is 2.47. The van der Waals surface area contributed by atoms with Crippen LogP contribution in [0.4, 0.5) is 5.69 Å². The van der Waals surface area contributed by atoms with E-state index >= 15 is 0 Å². The van der Waals surface area contributed by atoms with E-state index in [1.54, 1.807) is 0 Å². The molecule has 0 aromatic heterocycles. The number of benzene rings is 2. The average Bonchev–Trinajstić information content (AvgIpc) is 3.19. The van der Waals surface area contributed by atoms with Crippen LogP contribution >= 0.6 is 0 Å². The number of carbonyl (C=O) groups excluding carboxylic acids is 1. The molecule has 0 saturated carbocycles. The number of nitrogens with zero attached hydrogens (tertiary/aromatic N) is 1. The number of nitro groups is 1. The van der Waals surface area contributed by atoms with Crippen LogP contribution in [0, 0.1) is 10.1 Å². The molecule has 0 saturated heterocycles. The van der Waals surface area contributed by atoms with Gasteiger partial charge in [-0.3, -0.25) is 14.9 Å². The zero-order valence-electron chi connectivity index (χ0n) is 15.4. The Morgan fingerprint density at radius 2 is 1.76 bits per heavy atom. The van der Waals surface area contributed by atoms with Crippen LogP contribution in [0.1, 0.15) is 11.1 Å². The first-order valence-electron chi connectivity index (χ1n) is 9.02. The first-order chi connectivity index (χ1) is 14.1. The van der Waals surface area contributed by atoms with E-state index in [0.29, 0.717) is 43.4 Å². The van der Waals surface area contributed by atoms with E-state index < -0.39 is 4.92 Å². The lowest BCUT2D eigenvalue weighted by Gasteiger charge is -2.18. The van der Waals surface area contributed by atoms with Crippen molar-refractivity contribution in [3.05, 3.63) is 57.6 Å². The fraction of sp³-hybridized carbons (Fsp3) is 0.250. The molecule has 0 atom stereocenters. The molecule has 2 heterocycles. The minimum Gasteiger partial charge on any atom is -0.486 e. The smallest absolute Gasteiger partial charge is 0.280 e. The lowest BCUT2D eigenvalue weighted by Crippen LogP contribution is -2.23. The molecule has 150 valence electrons. The highest BCUT2D eigenvalue weighted by atomic mass is 16.7. The van der Waals surface area contributed by atoms with Gasteiger partial charge >= 0.3 is 0 Å². The van der Waals surface area contributed by atoms with Crippen molar-refractivity contribution in [2.45, 2.75) is 6.42 Å². The van der Waals surface area contributed by atoms with Crippen LogP contribution in [0.2, 0.25) is 0 Å². The largest absolute Gasteiger partial charge is 0.486 e. The lowest BCUT2D eigenvalue weighted by atomic mass is 10.1. The van der Waals surface area contributed by atoms with Gasteiger partial charge < -0.3 is 24.3 Å². The first kappa shape index (κ1) is 18.6. The monoisotopic (exact) mass is 398 g/mol. The lowest BCUT2D eigenvalue weighted by molar-refractivity contribution is -0.385. The number of fused-ring (bicyclic) bond motifs is 2. The molecule has 1 amide bonds. The summed E-state index contributed by atoms with van der Waals surface area (Å²) in [4.78, 5) is 22.8. The van der Waals surface area contributed by atoms with Gasteiger partial charge in [0.15, 0.2) is 23.0 Å². The van der Waals surface area contributed by atoms with Gasteiger partial charge in [-0.25, -0.2) is 0 Å². The number of ether oxygens (including phenoxy) is 4. The zero-order valence-corrected chi connectivity index (χ0v) is 15.4. The van der Waals surface area contributed by atoms with Crippen LogP contribution in [0.25, 0.3) is 6.08 Å². The molecule has 2 aliphatic rings. The quantitative estimate of drug-likeness (QED) is 0.452. The van der Waals surface area contributed by atoms with E-state index in [1.165, 1.54) is 24.3 Å². The summed E-state index contributed by atoms with van der Waals surface area (Å²) in [6.07, 6.45) is 3.26. The Morgan fingerprint density at radius 3 is 2.55 bits per heavy atom. The minimum atomic E-state index is -0.526. The van der Waals surface area contributed by atoms with Gasteiger partial charge in [-0.2, -0.15) is 0 Å². The molecule has 0 radical (unpaired) electrons. The number of hydrogen-bond acceptors (Lipinski definition) is 7. The van der Waals surface area contributed by atoms with Crippen LogP contribution in [0.15, 0.2) is 36.4 Å². The topological polar surface area (TPSA) is 109 Å². The maximum absolute atomic E-state index is 12.1. The van der Waals surface area contributed by atoms with Crippen molar-refractivity contribution in [1.29, 1.82) is 0 Å². The Kier molecular flexibility index (Phi) is 5.19. The van der Waals surface area contributed by atoms with Gasteiger partial charge in [-0.05, 0) is 36.3 Å². The Labute approximate surface area is 166 Å². The summed E-state index contributed by atoms with van der Waals surface area (Å²) < 4.78 is 21.4. The van der Waals surface area contributed by atoms with Gasteiger partial charge in [0.1, 0.15) is 13.2 Å². The summed E-state index contributed by atoms with van der Waals surface area (Å²) in [5, 5.41) is 14.0. The second kappa shape index (κ2) is 8.09. The molecule has 29 heavy (non-hydrogen) atoms. The second-order valence-electron chi connectivity index (χ2n) is 6.37. The molecule has 2 aromatic rings. The highest BCUT2D eigenvalue weighted by Gasteiger charge is 2.22. The van der Waals surface area contributed by atoms with Crippen molar-refractivity contribution in [1.82, 2.24) is 5.32 Å². The zero-order chi connectivity index (χ0) is 20.2. The molecular weight excluding hydrogens is 380 g/mol. The number of nitro benzene ring substituents is 1. The molecule has 0 spiro atoms. The Hall–Kier alpha value is -3.75. The summed E-state index contributed by atoms with van der Waals surface area (Å²) in [6.45, 7) is 1.48. The first-order valence-corrected chi connectivity index (χ1v) is 9.02. The number of rotatable bonds is 6.